The number of hydrogen-bond acceptors (Lipinski definition) is 3. The maximum Gasteiger partial charge on any atom is 0.331 e. The lowest BCUT2D eigenvalue weighted by Crippen LogP contribution is -2.43. The highest BCUT2D eigenvalue weighted by Crippen LogP contribution is 2.35. The van der Waals surface area contributed by atoms with Crippen LogP contribution >= 0.6 is 0 Å². The maximum absolute atomic E-state index is 13.4. The number of fused-ring (bicyclic) bond motifs is 1. The summed E-state index contributed by atoms with van der Waals surface area (Å²) in [6, 6.07) is 12.8. The van der Waals surface area contributed by atoms with Crippen molar-refractivity contribution in [1.29, 1.82) is 0 Å². The van der Waals surface area contributed by atoms with Gasteiger partial charge >= 0.3 is 5.69 Å². The quantitative estimate of drug-likeness (QED) is 0.661. The molecule has 1 fully saturated rings. The van der Waals surface area contributed by atoms with Gasteiger partial charge in [0.2, 0.25) is 5.91 Å². The molecular weight excluding hydrogens is 397 g/mol. The largest absolute Gasteiger partial charge is 0.347 e. The summed E-state index contributed by atoms with van der Waals surface area (Å²) in [7, 11) is 0. The first-order chi connectivity index (χ1) is 15.0. The van der Waals surface area contributed by atoms with E-state index in [9.17, 15) is 18.8 Å². The molecule has 0 saturated heterocycles. The second-order valence-corrected chi connectivity index (χ2v) is 8.08. The van der Waals surface area contributed by atoms with E-state index in [0.29, 0.717) is 10.9 Å². The van der Waals surface area contributed by atoms with Crippen LogP contribution in [-0.4, -0.2) is 15.0 Å². The topological polar surface area (TPSA) is 73.1 Å². The minimum atomic E-state index is -0.499. The summed E-state index contributed by atoms with van der Waals surface area (Å²) in [6.45, 7) is 1.76. The van der Waals surface area contributed by atoms with Crippen LogP contribution in [0, 0.1) is 11.7 Å². The van der Waals surface area contributed by atoms with Gasteiger partial charge < -0.3 is 5.32 Å². The average Bonchev–Trinajstić information content (AvgIpc) is 3.31. The second kappa shape index (κ2) is 8.88. The first kappa shape index (κ1) is 21.0. The molecule has 2 aromatic carbocycles. The number of rotatable bonds is 6. The summed E-state index contributed by atoms with van der Waals surface area (Å²) >= 11 is 0. The Morgan fingerprint density at radius 3 is 2.42 bits per heavy atom. The Kier molecular flexibility index (Phi) is 6.02. The fraction of sp³-hybridized carbons (Fsp3) is 0.375. The number of halogens is 1. The first-order valence-corrected chi connectivity index (χ1v) is 10.8. The molecular formula is C24H26FN3O3. The van der Waals surface area contributed by atoms with E-state index in [0.717, 1.165) is 35.8 Å². The molecule has 1 N–H and O–H groups in total. The van der Waals surface area contributed by atoms with E-state index in [2.05, 4.69) is 5.32 Å². The molecule has 0 bridgehead atoms. The zero-order valence-electron chi connectivity index (χ0n) is 17.5. The molecule has 1 saturated carbocycles. The van der Waals surface area contributed by atoms with Gasteiger partial charge in [0.05, 0.1) is 16.9 Å². The van der Waals surface area contributed by atoms with E-state index >= 15 is 0 Å². The van der Waals surface area contributed by atoms with Crippen molar-refractivity contribution >= 4 is 16.8 Å². The number of hydrogen-bond donors (Lipinski definition) is 1. The van der Waals surface area contributed by atoms with Gasteiger partial charge in [-0.3, -0.25) is 18.7 Å². The van der Waals surface area contributed by atoms with Crippen molar-refractivity contribution in [2.45, 2.75) is 51.7 Å². The molecule has 1 unspecified atom stereocenters. The number of carbonyl (C=O) groups excluding carboxylic acids is 1. The standard InChI is InChI=1S/C24H26FN3O3/c1-2-27-23(30)19-9-5-6-10-20(19)28(24(27)31)15-21(29)26-22(16-7-3-4-8-16)17-11-13-18(25)14-12-17/h5-6,9-14,16,22H,2-4,7-8,15H2,1H3,(H,26,29). The number of amides is 1. The van der Waals surface area contributed by atoms with Crippen molar-refractivity contribution in [2.75, 3.05) is 0 Å². The van der Waals surface area contributed by atoms with Gasteiger partial charge in [-0.05, 0) is 55.5 Å². The molecule has 0 aliphatic heterocycles. The highest BCUT2D eigenvalue weighted by molar-refractivity contribution is 5.81. The van der Waals surface area contributed by atoms with Gasteiger partial charge in [-0.25, -0.2) is 9.18 Å². The van der Waals surface area contributed by atoms with Gasteiger partial charge in [-0.2, -0.15) is 0 Å². The molecule has 0 spiro atoms. The minimum absolute atomic E-state index is 0.190. The van der Waals surface area contributed by atoms with Crippen molar-refractivity contribution in [3.8, 4) is 0 Å². The van der Waals surface area contributed by atoms with Gasteiger partial charge in [-0.15, -0.1) is 0 Å². The molecule has 0 radical (unpaired) electrons. The molecule has 1 heterocycles. The third-order valence-electron chi connectivity index (χ3n) is 6.17. The molecule has 1 atom stereocenters. The zero-order valence-corrected chi connectivity index (χ0v) is 17.5. The Morgan fingerprint density at radius 1 is 1.06 bits per heavy atom. The lowest BCUT2D eigenvalue weighted by atomic mass is 9.91. The predicted molar refractivity (Wildman–Crippen MR) is 117 cm³/mol. The van der Waals surface area contributed by atoms with E-state index in [4.69, 9.17) is 0 Å². The van der Waals surface area contributed by atoms with E-state index in [1.165, 1.54) is 16.7 Å². The smallest absolute Gasteiger partial charge is 0.331 e. The van der Waals surface area contributed by atoms with Crippen LogP contribution in [-0.2, 0) is 17.9 Å². The fourth-order valence-electron chi connectivity index (χ4n) is 4.60. The van der Waals surface area contributed by atoms with Gasteiger partial charge in [0.25, 0.3) is 5.56 Å². The van der Waals surface area contributed by atoms with Gasteiger partial charge in [-0.1, -0.05) is 37.1 Å². The SMILES string of the molecule is CCn1c(=O)c2ccccc2n(CC(=O)NC(c2ccc(F)cc2)C2CCCC2)c1=O. The van der Waals surface area contributed by atoms with Crippen LogP contribution in [0.25, 0.3) is 10.9 Å². The third-order valence-corrected chi connectivity index (χ3v) is 6.17. The number of para-hydroxylation sites is 1. The normalized spacial score (nSPS) is 15.3. The summed E-state index contributed by atoms with van der Waals surface area (Å²) in [5.41, 5.74) is 0.449. The molecule has 6 nitrogen and oxygen atoms in total. The van der Waals surface area contributed by atoms with Crippen molar-refractivity contribution in [2.24, 2.45) is 5.92 Å². The lowest BCUT2D eigenvalue weighted by molar-refractivity contribution is -0.122. The van der Waals surface area contributed by atoms with Crippen LogP contribution in [0.5, 0.6) is 0 Å². The summed E-state index contributed by atoms with van der Waals surface area (Å²) in [5, 5.41) is 3.48. The van der Waals surface area contributed by atoms with Gasteiger partial charge in [0.15, 0.2) is 0 Å². The van der Waals surface area contributed by atoms with Gasteiger partial charge in [0.1, 0.15) is 12.4 Å². The molecule has 1 aromatic heterocycles. The molecule has 162 valence electrons. The first-order valence-electron chi connectivity index (χ1n) is 10.8. The van der Waals surface area contributed by atoms with Crippen LogP contribution in [0.4, 0.5) is 4.39 Å². The number of aromatic nitrogens is 2. The molecule has 3 aromatic rings. The summed E-state index contributed by atoms with van der Waals surface area (Å²) in [5.74, 6) is -0.359. The Bertz CT molecular complexity index is 1210. The Labute approximate surface area is 179 Å². The highest BCUT2D eigenvalue weighted by atomic mass is 19.1. The summed E-state index contributed by atoms with van der Waals surface area (Å²) < 4.78 is 15.9. The van der Waals surface area contributed by atoms with Crippen molar-refractivity contribution < 1.29 is 9.18 Å². The van der Waals surface area contributed by atoms with E-state index in [1.54, 1.807) is 43.3 Å². The number of benzene rings is 2. The highest BCUT2D eigenvalue weighted by Gasteiger charge is 2.28. The van der Waals surface area contributed by atoms with E-state index < -0.39 is 5.69 Å². The fourth-order valence-corrected chi connectivity index (χ4v) is 4.60. The molecule has 4 rings (SSSR count). The number of nitrogens with one attached hydrogen (secondary N) is 1. The third kappa shape index (κ3) is 4.17. The van der Waals surface area contributed by atoms with Crippen LogP contribution in [0.15, 0.2) is 58.1 Å². The Morgan fingerprint density at radius 2 is 1.74 bits per heavy atom. The second-order valence-electron chi connectivity index (χ2n) is 8.08. The zero-order chi connectivity index (χ0) is 22.0. The minimum Gasteiger partial charge on any atom is -0.347 e. The van der Waals surface area contributed by atoms with Gasteiger partial charge in [0, 0.05) is 6.54 Å². The molecule has 1 aliphatic rings. The average molecular weight is 423 g/mol. The molecule has 1 aliphatic carbocycles. The van der Waals surface area contributed by atoms with Crippen molar-refractivity contribution in [1.82, 2.24) is 14.5 Å². The Hall–Kier alpha value is -3.22. The van der Waals surface area contributed by atoms with E-state index in [-0.39, 0.29) is 42.3 Å². The monoisotopic (exact) mass is 423 g/mol. The van der Waals surface area contributed by atoms with E-state index in [1.807, 2.05) is 0 Å². The van der Waals surface area contributed by atoms with Crippen molar-refractivity contribution in [3.63, 3.8) is 0 Å². The van der Waals surface area contributed by atoms with Crippen LogP contribution < -0.4 is 16.6 Å². The molecule has 7 heteroatoms. The molecule has 31 heavy (non-hydrogen) atoms. The predicted octanol–water partition coefficient (Wildman–Crippen LogP) is 3.37. The van der Waals surface area contributed by atoms with Crippen LogP contribution in [0.3, 0.4) is 0 Å². The maximum atomic E-state index is 13.4. The molecule has 1 amide bonds. The van der Waals surface area contributed by atoms with Crippen LogP contribution in [0.1, 0.15) is 44.2 Å². The number of nitrogens with zero attached hydrogens (tertiary/aromatic N) is 2. The van der Waals surface area contributed by atoms with Crippen LogP contribution in [0.2, 0.25) is 0 Å². The lowest BCUT2D eigenvalue weighted by Gasteiger charge is -2.25. The van der Waals surface area contributed by atoms with Crippen molar-refractivity contribution in [3.05, 3.63) is 80.7 Å². The number of carbonyl (C=O) groups is 1. The summed E-state index contributed by atoms with van der Waals surface area (Å²) in [6.07, 6.45) is 4.19. The summed E-state index contributed by atoms with van der Waals surface area (Å²) in [4.78, 5) is 38.6. The Balaban J connectivity index is 1.67.